The molecular formula is C19H27F3N4OS. The maximum atomic E-state index is 13.0. The van der Waals surface area contributed by atoms with Gasteiger partial charge in [0.25, 0.3) is 5.91 Å². The maximum absolute atomic E-state index is 13.0. The summed E-state index contributed by atoms with van der Waals surface area (Å²) in [5.41, 5.74) is 8.62. The van der Waals surface area contributed by atoms with Crippen molar-refractivity contribution in [2.45, 2.75) is 37.9 Å². The Morgan fingerprint density at radius 1 is 1.18 bits per heavy atom. The molecule has 5 nitrogen and oxygen atoms in total. The molecule has 2 fully saturated rings. The molecule has 156 valence electrons. The molecule has 1 saturated heterocycles. The van der Waals surface area contributed by atoms with Crippen LogP contribution in [0.15, 0.2) is 12.1 Å². The number of alkyl halides is 3. The van der Waals surface area contributed by atoms with Crippen molar-refractivity contribution in [3.8, 4) is 0 Å². The van der Waals surface area contributed by atoms with Crippen molar-refractivity contribution < 1.29 is 18.0 Å². The van der Waals surface area contributed by atoms with Gasteiger partial charge < -0.3 is 21.3 Å². The van der Waals surface area contributed by atoms with Gasteiger partial charge in [0.1, 0.15) is 0 Å². The van der Waals surface area contributed by atoms with Gasteiger partial charge in [-0.05, 0) is 37.8 Å². The van der Waals surface area contributed by atoms with Crippen LogP contribution in [0, 0.1) is 5.92 Å². The molecule has 0 atom stereocenters. The van der Waals surface area contributed by atoms with Gasteiger partial charge in [-0.3, -0.25) is 4.79 Å². The molecule has 9 heteroatoms. The second-order valence-electron chi connectivity index (χ2n) is 7.37. The van der Waals surface area contributed by atoms with Gasteiger partial charge in [-0.1, -0.05) is 0 Å². The van der Waals surface area contributed by atoms with Crippen LogP contribution in [0.1, 0.15) is 36.0 Å². The van der Waals surface area contributed by atoms with E-state index in [1.807, 2.05) is 17.8 Å². The fraction of sp³-hybridized carbons (Fsp3) is 0.632. The lowest BCUT2D eigenvalue weighted by atomic mass is 9.85. The smallest absolute Gasteiger partial charge is 0.391 e. The van der Waals surface area contributed by atoms with Crippen molar-refractivity contribution in [2.24, 2.45) is 5.92 Å². The summed E-state index contributed by atoms with van der Waals surface area (Å²) in [5.74, 6) is 0.453. The number of hydrogen-bond acceptors (Lipinski definition) is 5. The molecule has 0 unspecified atom stereocenters. The maximum Gasteiger partial charge on any atom is 0.391 e. The molecule has 1 amide bonds. The Kier molecular flexibility index (Phi) is 6.52. The van der Waals surface area contributed by atoms with Gasteiger partial charge in [-0.2, -0.15) is 24.9 Å². The van der Waals surface area contributed by atoms with E-state index in [1.54, 1.807) is 13.1 Å². The standard InChI is InChI=1S/C19H27F3N4OS/c1-24-16-11-17(26-6-8-28-9-7-26)14(10-15(16)23)18(27)25-13-4-2-12(3-5-13)19(20,21)22/h10-13,24H,2-9,23H2,1H3,(H,25,27)/t12-,13-. The average molecular weight is 417 g/mol. The summed E-state index contributed by atoms with van der Waals surface area (Å²) in [4.78, 5) is 15.1. The van der Waals surface area contributed by atoms with Crippen molar-refractivity contribution in [1.29, 1.82) is 0 Å². The van der Waals surface area contributed by atoms with E-state index in [2.05, 4.69) is 15.5 Å². The summed E-state index contributed by atoms with van der Waals surface area (Å²) >= 11 is 1.88. The predicted octanol–water partition coefficient (Wildman–Crippen LogP) is 3.71. The summed E-state index contributed by atoms with van der Waals surface area (Å²) in [5, 5.41) is 5.98. The zero-order chi connectivity index (χ0) is 20.3. The van der Waals surface area contributed by atoms with E-state index in [9.17, 15) is 18.0 Å². The number of anilines is 3. The molecule has 1 aromatic carbocycles. The Labute approximate surface area is 167 Å². The van der Waals surface area contributed by atoms with Crippen molar-refractivity contribution in [1.82, 2.24) is 5.32 Å². The number of nitrogen functional groups attached to an aromatic ring is 1. The van der Waals surface area contributed by atoms with Crippen molar-refractivity contribution >= 4 is 34.7 Å². The molecule has 3 rings (SSSR count). The van der Waals surface area contributed by atoms with E-state index < -0.39 is 12.1 Å². The fourth-order valence-electron chi connectivity index (χ4n) is 3.90. The van der Waals surface area contributed by atoms with Gasteiger partial charge in [0.15, 0.2) is 0 Å². The molecule has 1 saturated carbocycles. The molecule has 0 aromatic heterocycles. The summed E-state index contributed by atoms with van der Waals surface area (Å²) < 4.78 is 38.6. The first-order valence-corrected chi connectivity index (χ1v) is 10.8. The minimum absolute atomic E-state index is 0.0610. The van der Waals surface area contributed by atoms with Crippen LogP contribution in [0.2, 0.25) is 0 Å². The molecule has 1 aliphatic carbocycles. The summed E-state index contributed by atoms with van der Waals surface area (Å²) in [6.07, 6.45) is -3.34. The molecule has 0 bridgehead atoms. The molecular weight excluding hydrogens is 389 g/mol. The number of halogens is 3. The third kappa shape index (κ3) is 4.79. The van der Waals surface area contributed by atoms with Crippen LogP contribution < -0.4 is 21.3 Å². The number of nitrogens with two attached hydrogens (primary N) is 1. The number of thioether (sulfide) groups is 1. The third-order valence-electron chi connectivity index (χ3n) is 5.56. The zero-order valence-corrected chi connectivity index (χ0v) is 16.8. The molecule has 4 N–H and O–H groups in total. The van der Waals surface area contributed by atoms with Crippen molar-refractivity contribution in [3.63, 3.8) is 0 Å². The van der Waals surface area contributed by atoms with Crippen LogP contribution in [-0.4, -0.2) is 49.8 Å². The highest BCUT2D eigenvalue weighted by Gasteiger charge is 2.41. The Balaban J connectivity index is 1.74. The van der Waals surface area contributed by atoms with Gasteiger partial charge in [0.05, 0.1) is 28.5 Å². The Morgan fingerprint density at radius 2 is 1.82 bits per heavy atom. The summed E-state index contributed by atoms with van der Waals surface area (Å²) in [6, 6.07) is 3.32. The van der Waals surface area contributed by atoms with Crippen LogP contribution >= 0.6 is 11.8 Å². The number of carbonyl (C=O) groups is 1. The topological polar surface area (TPSA) is 70.4 Å². The largest absolute Gasteiger partial charge is 0.397 e. The Morgan fingerprint density at radius 3 is 2.39 bits per heavy atom. The molecule has 1 heterocycles. The van der Waals surface area contributed by atoms with E-state index >= 15 is 0 Å². The molecule has 2 aliphatic rings. The van der Waals surface area contributed by atoms with Gasteiger partial charge in [-0.15, -0.1) is 0 Å². The number of benzene rings is 1. The second-order valence-corrected chi connectivity index (χ2v) is 8.59. The summed E-state index contributed by atoms with van der Waals surface area (Å²) in [7, 11) is 1.78. The number of hydrogen-bond donors (Lipinski definition) is 3. The van der Waals surface area contributed by atoms with E-state index in [0.29, 0.717) is 24.1 Å². The van der Waals surface area contributed by atoms with Crippen LogP contribution in [0.4, 0.5) is 30.2 Å². The molecule has 0 spiro atoms. The van der Waals surface area contributed by atoms with Crippen LogP contribution in [0.3, 0.4) is 0 Å². The highest BCUT2D eigenvalue weighted by molar-refractivity contribution is 7.99. The first-order chi connectivity index (χ1) is 13.3. The molecule has 1 aromatic rings. The normalized spacial score (nSPS) is 23.4. The quantitative estimate of drug-likeness (QED) is 0.653. The lowest BCUT2D eigenvalue weighted by Crippen LogP contribution is -2.41. The minimum Gasteiger partial charge on any atom is -0.397 e. The second kappa shape index (κ2) is 8.71. The van der Waals surface area contributed by atoms with Crippen LogP contribution in [0.25, 0.3) is 0 Å². The minimum atomic E-state index is -4.15. The average Bonchev–Trinajstić information content (AvgIpc) is 2.68. The van der Waals surface area contributed by atoms with Gasteiger partial charge in [-0.25, -0.2) is 0 Å². The monoisotopic (exact) mass is 416 g/mol. The van der Waals surface area contributed by atoms with Gasteiger partial charge in [0, 0.05) is 37.7 Å². The molecule has 28 heavy (non-hydrogen) atoms. The Bertz CT molecular complexity index is 699. The third-order valence-corrected chi connectivity index (χ3v) is 6.50. The van der Waals surface area contributed by atoms with Crippen molar-refractivity contribution in [3.05, 3.63) is 17.7 Å². The first kappa shape index (κ1) is 21.0. The first-order valence-electron chi connectivity index (χ1n) is 9.61. The predicted molar refractivity (Wildman–Crippen MR) is 109 cm³/mol. The van der Waals surface area contributed by atoms with E-state index in [-0.39, 0.29) is 24.8 Å². The van der Waals surface area contributed by atoms with Gasteiger partial charge >= 0.3 is 6.18 Å². The summed E-state index contributed by atoms with van der Waals surface area (Å²) in [6.45, 7) is 1.68. The highest BCUT2D eigenvalue weighted by Crippen LogP contribution is 2.38. The number of nitrogens with one attached hydrogen (secondary N) is 2. The SMILES string of the molecule is CNc1cc(N2CCSCC2)c(C(=O)N[C@H]2CC[C@H](C(F)(F)F)CC2)cc1N. The Hall–Kier alpha value is -1.77. The van der Waals surface area contributed by atoms with Crippen LogP contribution in [0.5, 0.6) is 0 Å². The number of carbonyl (C=O) groups excluding carboxylic acids is 1. The van der Waals surface area contributed by atoms with Crippen molar-refractivity contribution in [2.75, 3.05) is 47.6 Å². The lowest BCUT2D eigenvalue weighted by molar-refractivity contribution is -0.182. The molecule has 0 radical (unpaired) electrons. The van der Waals surface area contributed by atoms with E-state index in [1.165, 1.54) is 0 Å². The number of nitrogens with zero attached hydrogens (tertiary/aromatic N) is 1. The number of amides is 1. The van der Waals surface area contributed by atoms with E-state index in [4.69, 9.17) is 5.73 Å². The molecule has 1 aliphatic heterocycles. The van der Waals surface area contributed by atoms with Crippen LogP contribution in [-0.2, 0) is 0 Å². The fourth-order valence-corrected chi connectivity index (χ4v) is 4.80. The lowest BCUT2D eigenvalue weighted by Gasteiger charge is -2.32. The van der Waals surface area contributed by atoms with E-state index in [0.717, 1.165) is 36.0 Å². The highest BCUT2D eigenvalue weighted by atomic mass is 32.2. The van der Waals surface area contributed by atoms with Gasteiger partial charge in [0.2, 0.25) is 0 Å². The number of rotatable bonds is 4. The zero-order valence-electron chi connectivity index (χ0n) is 15.9.